The maximum absolute atomic E-state index is 12.1. The molecule has 1 N–H and O–H groups in total. The van der Waals surface area contributed by atoms with E-state index in [4.69, 9.17) is 9.47 Å². The van der Waals surface area contributed by atoms with E-state index in [1.807, 2.05) is 37.3 Å². The molecule has 0 saturated carbocycles. The Bertz CT molecular complexity index is 640. The molecule has 0 aliphatic carbocycles. The second-order valence-corrected chi connectivity index (χ2v) is 5.13. The molecule has 2 rings (SSSR count). The van der Waals surface area contributed by atoms with Crippen LogP contribution in [0, 0.1) is 0 Å². The van der Waals surface area contributed by atoms with Gasteiger partial charge < -0.3 is 14.8 Å². The SMILES string of the molecule is CCOc1ccccc1CCCNC(=O)c1cccc(OC)c1. The fourth-order valence-corrected chi connectivity index (χ4v) is 2.35. The molecule has 0 radical (unpaired) electrons. The monoisotopic (exact) mass is 313 g/mol. The van der Waals surface area contributed by atoms with Gasteiger partial charge >= 0.3 is 0 Å². The van der Waals surface area contributed by atoms with Gasteiger partial charge in [0.15, 0.2) is 0 Å². The molecule has 0 heterocycles. The first-order valence-corrected chi connectivity index (χ1v) is 7.87. The van der Waals surface area contributed by atoms with Crippen LogP contribution in [0.15, 0.2) is 48.5 Å². The van der Waals surface area contributed by atoms with Gasteiger partial charge in [0.05, 0.1) is 13.7 Å². The number of ether oxygens (including phenoxy) is 2. The summed E-state index contributed by atoms with van der Waals surface area (Å²) in [7, 11) is 1.59. The third-order valence-corrected chi connectivity index (χ3v) is 3.51. The van der Waals surface area contributed by atoms with Crippen molar-refractivity contribution in [2.45, 2.75) is 19.8 Å². The van der Waals surface area contributed by atoms with Gasteiger partial charge in [0.25, 0.3) is 5.91 Å². The Balaban J connectivity index is 1.82. The van der Waals surface area contributed by atoms with Gasteiger partial charge in [-0.15, -0.1) is 0 Å². The van der Waals surface area contributed by atoms with Crippen molar-refractivity contribution in [3.8, 4) is 11.5 Å². The zero-order valence-electron chi connectivity index (χ0n) is 13.7. The first-order valence-electron chi connectivity index (χ1n) is 7.87. The van der Waals surface area contributed by atoms with Crippen molar-refractivity contribution in [1.29, 1.82) is 0 Å². The van der Waals surface area contributed by atoms with Crippen molar-refractivity contribution in [2.75, 3.05) is 20.3 Å². The van der Waals surface area contributed by atoms with Crippen LogP contribution >= 0.6 is 0 Å². The molecule has 0 fully saturated rings. The average Bonchev–Trinajstić information content (AvgIpc) is 2.60. The third kappa shape index (κ3) is 5.02. The predicted octanol–water partition coefficient (Wildman–Crippen LogP) is 3.46. The molecule has 0 saturated heterocycles. The number of hydrogen-bond donors (Lipinski definition) is 1. The summed E-state index contributed by atoms with van der Waals surface area (Å²) in [5.41, 5.74) is 1.78. The Morgan fingerprint density at radius 1 is 1.13 bits per heavy atom. The Hall–Kier alpha value is -2.49. The maximum Gasteiger partial charge on any atom is 0.251 e. The summed E-state index contributed by atoms with van der Waals surface area (Å²) < 4.78 is 10.7. The number of hydrogen-bond acceptors (Lipinski definition) is 3. The quantitative estimate of drug-likeness (QED) is 0.759. The van der Waals surface area contributed by atoms with Crippen molar-refractivity contribution < 1.29 is 14.3 Å². The number of rotatable bonds is 8. The fraction of sp³-hybridized carbons (Fsp3) is 0.316. The van der Waals surface area contributed by atoms with Crippen molar-refractivity contribution in [3.05, 3.63) is 59.7 Å². The zero-order valence-corrected chi connectivity index (χ0v) is 13.7. The van der Waals surface area contributed by atoms with Crippen LogP contribution in [0.3, 0.4) is 0 Å². The van der Waals surface area contributed by atoms with E-state index in [1.165, 1.54) is 5.56 Å². The van der Waals surface area contributed by atoms with Crippen LogP contribution in [0.5, 0.6) is 11.5 Å². The minimum atomic E-state index is -0.0815. The van der Waals surface area contributed by atoms with E-state index >= 15 is 0 Å². The van der Waals surface area contributed by atoms with Crippen LogP contribution in [-0.2, 0) is 6.42 Å². The van der Waals surface area contributed by atoms with Gasteiger partial charge in [-0.05, 0) is 49.6 Å². The molecule has 23 heavy (non-hydrogen) atoms. The number of methoxy groups -OCH3 is 1. The number of amides is 1. The summed E-state index contributed by atoms with van der Waals surface area (Å²) in [6, 6.07) is 15.2. The molecule has 0 aliphatic rings. The fourth-order valence-electron chi connectivity index (χ4n) is 2.35. The molecular weight excluding hydrogens is 290 g/mol. The molecule has 0 aliphatic heterocycles. The lowest BCUT2D eigenvalue weighted by Crippen LogP contribution is -2.24. The Labute approximate surface area is 137 Å². The van der Waals surface area contributed by atoms with E-state index < -0.39 is 0 Å². The van der Waals surface area contributed by atoms with Gasteiger partial charge in [0.1, 0.15) is 11.5 Å². The molecule has 2 aromatic rings. The highest BCUT2D eigenvalue weighted by Gasteiger charge is 2.06. The highest BCUT2D eigenvalue weighted by atomic mass is 16.5. The van der Waals surface area contributed by atoms with Gasteiger partial charge in [-0.25, -0.2) is 0 Å². The minimum absolute atomic E-state index is 0.0815. The van der Waals surface area contributed by atoms with Crippen molar-refractivity contribution >= 4 is 5.91 Å². The maximum atomic E-state index is 12.1. The van der Waals surface area contributed by atoms with E-state index in [2.05, 4.69) is 11.4 Å². The molecule has 1 amide bonds. The van der Waals surface area contributed by atoms with E-state index in [0.29, 0.717) is 24.5 Å². The zero-order chi connectivity index (χ0) is 16.5. The topological polar surface area (TPSA) is 47.6 Å². The molecule has 0 aromatic heterocycles. The van der Waals surface area contributed by atoms with Crippen LogP contribution in [0.2, 0.25) is 0 Å². The number of benzene rings is 2. The van der Waals surface area contributed by atoms with Crippen molar-refractivity contribution in [3.63, 3.8) is 0 Å². The van der Waals surface area contributed by atoms with Gasteiger partial charge in [0.2, 0.25) is 0 Å². The number of carbonyl (C=O) groups is 1. The second-order valence-electron chi connectivity index (χ2n) is 5.13. The smallest absolute Gasteiger partial charge is 0.251 e. The summed E-state index contributed by atoms with van der Waals surface area (Å²) in [4.78, 5) is 12.1. The van der Waals surface area contributed by atoms with E-state index in [9.17, 15) is 4.79 Å². The summed E-state index contributed by atoms with van der Waals surface area (Å²) in [6.45, 7) is 3.26. The number of aryl methyl sites for hydroxylation is 1. The van der Waals surface area contributed by atoms with Crippen LogP contribution in [0.25, 0.3) is 0 Å². The van der Waals surface area contributed by atoms with Crippen LogP contribution in [-0.4, -0.2) is 26.2 Å². The Kier molecular flexibility index (Phi) is 6.48. The van der Waals surface area contributed by atoms with Crippen LogP contribution in [0.4, 0.5) is 0 Å². The molecule has 0 bridgehead atoms. The van der Waals surface area contributed by atoms with E-state index in [1.54, 1.807) is 19.2 Å². The molecule has 4 heteroatoms. The molecule has 4 nitrogen and oxygen atoms in total. The first kappa shape index (κ1) is 16.9. The van der Waals surface area contributed by atoms with Crippen molar-refractivity contribution in [1.82, 2.24) is 5.32 Å². The summed E-state index contributed by atoms with van der Waals surface area (Å²) >= 11 is 0. The molecule has 0 atom stereocenters. The molecular formula is C19H23NO3. The van der Waals surface area contributed by atoms with Gasteiger partial charge in [-0.1, -0.05) is 24.3 Å². The third-order valence-electron chi connectivity index (χ3n) is 3.51. The summed E-state index contributed by atoms with van der Waals surface area (Å²) in [5, 5.41) is 2.94. The summed E-state index contributed by atoms with van der Waals surface area (Å²) in [6.07, 6.45) is 1.73. The van der Waals surface area contributed by atoms with E-state index in [0.717, 1.165) is 18.6 Å². The van der Waals surface area contributed by atoms with Gasteiger partial charge in [-0.2, -0.15) is 0 Å². The second kappa shape index (κ2) is 8.83. The average molecular weight is 313 g/mol. The van der Waals surface area contributed by atoms with Crippen LogP contribution in [0.1, 0.15) is 29.3 Å². The Morgan fingerprint density at radius 2 is 1.96 bits per heavy atom. The highest BCUT2D eigenvalue weighted by Crippen LogP contribution is 2.19. The first-order chi connectivity index (χ1) is 11.2. The number of carbonyl (C=O) groups excluding carboxylic acids is 1. The molecule has 0 unspecified atom stereocenters. The minimum Gasteiger partial charge on any atom is -0.497 e. The largest absolute Gasteiger partial charge is 0.497 e. The van der Waals surface area contributed by atoms with Crippen LogP contribution < -0.4 is 14.8 Å². The molecule has 122 valence electrons. The molecule has 2 aromatic carbocycles. The lowest BCUT2D eigenvalue weighted by Gasteiger charge is -2.10. The summed E-state index contributed by atoms with van der Waals surface area (Å²) in [5.74, 6) is 1.53. The number of para-hydroxylation sites is 1. The Morgan fingerprint density at radius 3 is 2.74 bits per heavy atom. The van der Waals surface area contributed by atoms with Gasteiger partial charge in [-0.3, -0.25) is 4.79 Å². The lowest BCUT2D eigenvalue weighted by molar-refractivity contribution is 0.0953. The van der Waals surface area contributed by atoms with Gasteiger partial charge in [0, 0.05) is 12.1 Å². The molecule has 0 spiro atoms. The lowest BCUT2D eigenvalue weighted by atomic mass is 10.1. The number of nitrogens with one attached hydrogen (secondary N) is 1. The standard InChI is InChI=1S/C19H23NO3/c1-3-23-18-12-5-4-8-15(18)10-7-13-20-19(21)16-9-6-11-17(14-16)22-2/h4-6,8-9,11-12,14H,3,7,10,13H2,1-2H3,(H,20,21). The van der Waals surface area contributed by atoms with E-state index in [-0.39, 0.29) is 5.91 Å². The predicted molar refractivity (Wildman–Crippen MR) is 91.3 cm³/mol. The normalized spacial score (nSPS) is 10.2. The van der Waals surface area contributed by atoms with Crippen molar-refractivity contribution in [2.24, 2.45) is 0 Å². The highest BCUT2D eigenvalue weighted by molar-refractivity contribution is 5.94.